The zero-order valence-corrected chi connectivity index (χ0v) is 17.7. The number of hydrogen-bond acceptors (Lipinski definition) is 2. The number of para-hydroxylation sites is 1. The molecular formula is C24H36N3O+. The molecule has 2 aromatic rings. The Balaban J connectivity index is 1.90. The van der Waals surface area contributed by atoms with Crippen molar-refractivity contribution in [2.24, 2.45) is 0 Å². The first-order valence-corrected chi connectivity index (χ1v) is 11.3. The summed E-state index contributed by atoms with van der Waals surface area (Å²) in [4.78, 5) is 19.4. The number of aromatic nitrogens is 1. The fourth-order valence-corrected chi connectivity index (χ4v) is 4.33. The van der Waals surface area contributed by atoms with Gasteiger partial charge in [-0.05, 0) is 56.6 Å². The molecule has 1 aliphatic heterocycles. The summed E-state index contributed by atoms with van der Waals surface area (Å²) in [5, 5.41) is 4.40. The Morgan fingerprint density at radius 3 is 2.50 bits per heavy atom. The zero-order valence-electron chi connectivity index (χ0n) is 17.7. The lowest BCUT2D eigenvalue weighted by atomic mass is 9.98. The van der Waals surface area contributed by atoms with Gasteiger partial charge in [0.2, 0.25) is 0 Å². The van der Waals surface area contributed by atoms with Gasteiger partial charge < -0.3 is 10.2 Å². The summed E-state index contributed by atoms with van der Waals surface area (Å²) >= 11 is 0. The van der Waals surface area contributed by atoms with Crippen LogP contribution in [-0.4, -0.2) is 30.5 Å². The Kier molecular flexibility index (Phi) is 7.84. The monoisotopic (exact) mass is 382 g/mol. The normalized spacial score (nSPS) is 15.5. The number of fused-ring (bicyclic) bond motifs is 1. The largest absolute Gasteiger partial charge is 0.327 e. The third-order valence-corrected chi connectivity index (χ3v) is 5.83. The van der Waals surface area contributed by atoms with Crippen LogP contribution in [0.1, 0.15) is 70.1 Å². The van der Waals surface area contributed by atoms with Crippen LogP contribution in [-0.2, 0) is 17.6 Å². The molecule has 0 radical (unpaired) electrons. The molecule has 28 heavy (non-hydrogen) atoms. The van der Waals surface area contributed by atoms with Gasteiger partial charge in [0.05, 0.1) is 24.3 Å². The first kappa shape index (κ1) is 20.8. The van der Waals surface area contributed by atoms with Gasteiger partial charge in [0.15, 0.2) is 6.54 Å². The van der Waals surface area contributed by atoms with Gasteiger partial charge in [-0.25, -0.2) is 0 Å². The zero-order chi connectivity index (χ0) is 19.8. The second-order valence-electron chi connectivity index (χ2n) is 8.17. The third-order valence-electron chi connectivity index (χ3n) is 5.83. The Bertz CT molecular complexity index is 779. The third kappa shape index (κ3) is 5.32. The number of aryl methyl sites for hydroxylation is 1. The molecule has 4 heteroatoms. The topological polar surface area (TPSA) is 46.4 Å². The lowest BCUT2D eigenvalue weighted by molar-refractivity contribution is -0.890. The Hall–Kier alpha value is -1.94. The highest BCUT2D eigenvalue weighted by Crippen LogP contribution is 2.30. The smallest absolute Gasteiger partial charge is 0.279 e. The fourth-order valence-electron chi connectivity index (χ4n) is 4.33. The number of amides is 1. The minimum Gasteiger partial charge on any atom is -0.327 e. The number of nitrogens with one attached hydrogen (secondary N) is 2. The van der Waals surface area contributed by atoms with Crippen LogP contribution in [0.15, 0.2) is 24.3 Å². The number of pyridine rings is 1. The Labute approximate surface area is 169 Å². The Morgan fingerprint density at radius 1 is 1.04 bits per heavy atom. The molecular weight excluding hydrogens is 346 g/mol. The number of likely N-dealkylation sites (tertiary alicyclic amines) is 1. The molecule has 0 spiro atoms. The van der Waals surface area contributed by atoms with Crippen LogP contribution in [0.4, 0.5) is 5.69 Å². The van der Waals surface area contributed by atoms with Crippen molar-refractivity contribution in [3.8, 4) is 0 Å². The van der Waals surface area contributed by atoms with Crippen LogP contribution in [0.3, 0.4) is 0 Å². The number of unbranched alkanes of at least 4 members (excludes halogenated alkanes) is 1. The molecule has 1 saturated heterocycles. The number of carbonyl (C=O) groups excluding carboxylic acids is 1. The van der Waals surface area contributed by atoms with Crippen LogP contribution < -0.4 is 10.2 Å². The van der Waals surface area contributed by atoms with E-state index in [2.05, 4.69) is 31.3 Å². The van der Waals surface area contributed by atoms with Crippen LogP contribution >= 0.6 is 0 Å². The maximum atomic E-state index is 13.0. The molecule has 0 bridgehead atoms. The van der Waals surface area contributed by atoms with Gasteiger partial charge >= 0.3 is 0 Å². The van der Waals surface area contributed by atoms with Gasteiger partial charge in [0.1, 0.15) is 0 Å². The van der Waals surface area contributed by atoms with E-state index in [-0.39, 0.29) is 5.91 Å². The van der Waals surface area contributed by atoms with Crippen molar-refractivity contribution in [3.05, 3.63) is 35.5 Å². The standard InChI is InChI=1S/C24H35N3O/c1-3-5-14-21-19(12-4-2)24(20-13-8-9-15-22(20)25-21)26-23(28)18-27-16-10-6-7-11-17-27/h8-9,13,15H,3-7,10-12,14,16-18H2,1-2H3,(H,25,26,28)/p+1. The van der Waals surface area contributed by atoms with Gasteiger partial charge in [0.25, 0.3) is 5.91 Å². The number of hydrogen-bond donors (Lipinski definition) is 2. The number of benzene rings is 1. The van der Waals surface area contributed by atoms with Crippen molar-refractivity contribution in [1.82, 2.24) is 4.98 Å². The summed E-state index contributed by atoms with van der Waals surface area (Å²) in [6, 6.07) is 8.24. The molecule has 2 heterocycles. The predicted molar refractivity (Wildman–Crippen MR) is 117 cm³/mol. The van der Waals surface area contributed by atoms with E-state index in [1.807, 2.05) is 12.1 Å². The molecule has 1 amide bonds. The van der Waals surface area contributed by atoms with E-state index in [1.54, 1.807) is 0 Å². The molecule has 1 aromatic carbocycles. The summed E-state index contributed by atoms with van der Waals surface area (Å²) < 4.78 is 0. The highest BCUT2D eigenvalue weighted by molar-refractivity contribution is 6.02. The van der Waals surface area contributed by atoms with Crippen LogP contribution in [0.2, 0.25) is 0 Å². The SMILES string of the molecule is CCCCc1nc2ccccc2c(NC(=O)C[NH+]2CCCCCC2)c1CCC. The van der Waals surface area contributed by atoms with Gasteiger partial charge in [0, 0.05) is 11.1 Å². The van der Waals surface area contributed by atoms with Crippen molar-refractivity contribution < 1.29 is 9.69 Å². The van der Waals surface area contributed by atoms with Gasteiger partial charge in [-0.3, -0.25) is 9.78 Å². The molecule has 0 saturated carbocycles. The Morgan fingerprint density at radius 2 is 1.79 bits per heavy atom. The summed E-state index contributed by atoms with van der Waals surface area (Å²) in [6.45, 7) is 7.23. The van der Waals surface area contributed by atoms with Gasteiger partial charge in [-0.2, -0.15) is 0 Å². The summed E-state index contributed by atoms with van der Waals surface area (Å²) in [6.07, 6.45) is 10.4. The number of anilines is 1. The van der Waals surface area contributed by atoms with Crippen molar-refractivity contribution in [3.63, 3.8) is 0 Å². The quantitative estimate of drug-likeness (QED) is 0.727. The number of quaternary nitrogens is 1. The van der Waals surface area contributed by atoms with Crippen LogP contribution in [0.5, 0.6) is 0 Å². The highest BCUT2D eigenvalue weighted by Gasteiger charge is 2.20. The van der Waals surface area contributed by atoms with E-state index in [1.165, 1.54) is 41.8 Å². The van der Waals surface area contributed by atoms with Gasteiger partial charge in [-0.15, -0.1) is 0 Å². The molecule has 2 N–H and O–H groups in total. The minimum absolute atomic E-state index is 0.145. The van der Waals surface area contributed by atoms with E-state index in [0.717, 1.165) is 61.8 Å². The van der Waals surface area contributed by atoms with E-state index in [9.17, 15) is 4.79 Å². The van der Waals surface area contributed by atoms with Gasteiger partial charge in [-0.1, -0.05) is 44.9 Å². The van der Waals surface area contributed by atoms with E-state index < -0.39 is 0 Å². The van der Waals surface area contributed by atoms with Crippen molar-refractivity contribution >= 4 is 22.5 Å². The summed E-state index contributed by atoms with van der Waals surface area (Å²) in [5.74, 6) is 0.145. The molecule has 4 nitrogen and oxygen atoms in total. The van der Waals surface area contributed by atoms with Crippen molar-refractivity contribution in [2.75, 3.05) is 25.0 Å². The molecule has 0 atom stereocenters. The van der Waals surface area contributed by atoms with E-state index >= 15 is 0 Å². The van der Waals surface area contributed by atoms with E-state index in [4.69, 9.17) is 4.98 Å². The number of carbonyl (C=O) groups is 1. The molecule has 0 aliphatic carbocycles. The summed E-state index contributed by atoms with van der Waals surface area (Å²) in [5.41, 5.74) is 4.41. The lowest BCUT2D eigenvalue weighted by Gasteiger charge is -2.20. The van der Waals surface area contributed by atoms with Crippen molar-refractivity contribution in [1.29, 1.82) is 0 Å². The molecule has 3 rings (SSSR count). The molecule has 152 valence electrons. The molecule has 0 unspecified atom stereocenters. The van der Waals surface area contributed by atoms with Crippen molar-refractivity contribution in [2.45, 2.75) is 71.6 Å². The van der Waals surface area contributed by atoms with E-state index in [0.29, 0.717) is 6.54 Å². The highest BCUT2D eigenvalue weighted by atomic mass is 16.2. The van der Waals surface area contributed by atoms with Crippen LogP contribution in [0, 0.1) is 0 Å². The van der Waals surface area contributed by atoms with Crippen LogP contribution in [0.25, 0.3) is 10.9 Å². The summed E-state index contributed by atoms with van der Waals surface area (Å²) in [7, 11) is 0. The minimum atomic E-state index is 0.145. The fraction of sp³-hybridized carbons (Fsp3) is 0.583. The first-order valence-electron chi connectivity index (χ1n) is 11.3. The lowest BCUT2D eigenvalue weighted by Crippen LogP contribution is -3.12. The second-order valence-corrected chi connectivity index (χ2v) is 8.17. The predicted octanol–water partition coefficient (Wildman–Crippen LogP) is 3.93. The average molecular weight is 383 g/mol. The average Bonchev–Trinajstić information content (AvgIpc) is 2.97. The number of nitrogens with zero attached hydrogens (tertiary/aromatic N) is 1. The maximum absolute atomic E-state index is 13.0. The molecule has 1 fully saturated rings. The maximum Gasteiger partial charge on any atom is 0.279 e. The second kappa shape index (κ2) is 10.6. The first-order chi connectivity index (χ1) is 13.7. The molecule has 1 aliphatic rings. The number of rotatable bonds is 8. The molecule has 1 aromatic heterocycles.